The molecule has 7 heteroatoms. The second kappa shape index (κ2) is 12.0. The molecule has 0 spiro atoms. The molecule has 0 aliphatic heterocycles. The first kappa shape index (κ1) is 25.0. The summed E-state index contributed by atoms with van der Waals surface area (Å²) in [5, 5.41) is 12.3. The minimum Gasteiger partial charge on any atom is -0.482 e. The van der Waals surface area contributed by atoms with Crippen LogP contribution in [-0.2, 0) is 24.2 Å². The van der Waals surface area contributed by atoms with Gasteiger partial charge in [-0.25, -0.2) is 4.79 Å². The van der Waals surface area contributed by atoms with E-state index in [0.29, 0.717) is 29.3 Å². The fourth-order valence-corrected chi connectivity index (χ4v) is 3.67. The maximum Gasteiger partial charge on any atom is 0.341 e. The molecule has 0 bridgehead atoms. The number of carboxylic acids is 1. The number of hydrogen-bond acceptors (Lipinski definition) is 4. The monoisotopic (exact) mass is 478 g/mol. The quantitative estimate of drug-likeness (QED) is 0.416. The molecule has 0 saturated heterocycles. The summed E-state index contributed by atoms with van der Waals surface area (Å²) >= 11 is 6.36. The first-order valence-electron chi connectivity index (χ1n) is 11.0. The van der Waals surface area contributed by atoms with Crippen molar-refractivity contribution in [3.63, 3.8) is 0 Å². The number of nitrogens with one attached hydrogen (secondary N) is 1. The molecule has 2 aromatic carbocycles. The summed E-state index contributed by atoms with van der Waals surface area (Å²) < 4.78 is 5.15. The van der Waals surface area contributed by atoms with Crippen LogP contribution in [-0.4, -0.2) is 28.6 Å². The van der Waals surface area contributed by atoms with Crippen LogP contribution in [0.2, 0.25) is 0 Å². The molecule has 2 N–H and O–H groups in total. The Bertz CT molecular complexity index is 1190. The highest BCUT2D eigenvalue weighted by Gasteiger charge is 2.10. The number of rotatable bonds is 10. The van der Waals surface area contributed by atoms with Crippen LogP contribution in [0.1, 0.15) is 52.0 Å². The Labute approximate surface area is 204 Å². The smallest absolute Gasteiger partial charge is 0.341 e. The number of aromatic nitrogens is 1. The van der Waals surface area contributed by atoms with Gasteiger partial charge in [-0.2, -0.15) is 0 Å². The number of hydrogen-bond donors (Lipinski definition) is 2. The summed E-state index contributed by atoms with van der Waals surface area (Å²) in [6, 6.07) is 15.0. The van der Waals surface area contributed by atoms with Gasteiger partial charge in [-0.3, -0.25) is 9.78 Å². The van der Waals surface area contributed by atoms with E-state index >= 15 is 0 Å². The third kappa shape index (κ3) is 6.93. The van der Waals surface area contributed by atoms with Crippen LogP contribution in [0.25, 0.3) is 5.03 Å². The Morgan fingerprint density at radius 2 is 1.79 bits per heavy atom. The van der Waals surface area contributed by atoms with Crippen molar-refractivity contribution in [3.05, 3.63) is 100 Å². The average molecular weight is 479 g/mol. The number of carbonyl (C=O) groups is 2. The summed E-state index contributed by atoms with van der Waals surface area (Å²) in [6.07, 6.45) is 6.59. The molecular weight excluding hydrogens is 452 g/mol. The number of allylic oxidation sites excluding steroid dienone is 1. The van der Waals surface area contributed by atoms with Gasteiger partial charge in [-0.05, 0) is 71.8 Å². The Hall–Kier alpha value is -3.64. The molecule has 0 aliphatic carbocycles. The van der Waals surface area contributed by atoms with E-state index in [1.807, 2.05) is 49.4 Å². The first-order chi connectivity index (χ1) is 16.4. The summed E-state index contributed by atoms with van der Waals surface area (Å²) in [6.45, 7) is 3.98. The van der Waals surface area contributed by atoms with Crippen molar-refractivity contribution in [2.24, 2.45) is 0 Å². The highest BCUT2D eigenvalue weighted by atomic mass is 35.5. The fourth-order valence-electron chi connectivity index (χ4n) is 3.50. The van der Waals surface area contributed by atoms with Gasteiger partial charge in [0.25, 0.3) is 5.91 Å². The van der Waals surface area contributed by atoms with Gasteiger partial charge in [0.15, 0.2) is 6.61 Å². The minimum atomic E-state index is -1.02. The average Bonchev–Trinajstić information content (AvgIpc) is 2.86. The molecule has 34 heavy (non-hydrogen) atoms. The Kier molecular flexibility index (Phi) is 8.82. The van der Waals surface area contributed by atoms with Crippen LogP contribution in [0.15, 0.2) is 67.0 Å². The Morgan fingerprint density at radius 3 is 2.47 bits per heavy atom. The highest BCUT2D eigenvalue weighted by Crippen LogP contribution is 2.25. The predicted octanol–water partition coefficient (Wildman–Crippen LogP) is 5.23. The highest BCUT2D eigenvalue weighted by molar-refractivity contribution is 6.48. The van der Waals surface area contributed by atoms with Crippen molar-refractivity contribution in [2.45, 2.75) is 33.2 Å². The summed E-state index contributed by atoms with van der Waals surface area (Å²) in [7, 11) is 0. The van der Waals surface area contributed by atoms with E-state index < -0.39 is 5.97 Å². The number of benzene rings is 2. The Morgan fingerprint density at radius 1 is 1.06 bits per heavy atom. The van der Waals surface area contributed by atoms with Gasteiger partial charge in [0.05, 0.1) is 5.56 Å². The van der Waals surface area contributed by atoms with Crippen molar-refractivity contribution in [3.8, 4) is 5.75 Å². The molecule has 0 atom stereocenters. The van der Waals surface area contributed by atoms with Gasteiger partial charge < -0.3 is 15.2 Å². The van der Waals surface area contributed by atoms with Crippen molar-refractivity contribution < 1.29 is 19.4 Å². The largest absolute Gasteiger partial charge is 0.482 e. The van der Waals surface area contributed by atoms with E-state index in [4.69, 9.17) is 21.4 Å². The van der Waals surface area contributed by atoms with Crippen LogP contribution >= 0.6 is 11.6 Å². The normalized spacial score (nSPS) is 11.2. The SMILES string of the molecule is C/C=C(/Cl)c1cc(CNC(=O)c2cncc(Cc3ccc(OCC(=O)O)cc3)c2)ccc1CC. The van der Waals surface area contributed by atoms with E-state index in [-0.39, 0.29) is 12.5 Å². The van der Waals surface area contributed by atoms with E-state index in [9.17, 15) is 9.59 Å². The summed E-state index contributed by atoms with van der Waals surface area (Å²) in [5.74, 6) is -0.737. The molecule has 176 valence electrons. The van der Waals surface area contributed by atoms with Gasteiger partial charge >= 0.3 is 5.97 Å². The molecule has 3 aromatic rings. The van der Waals surface area contributed by atoms with E-state index in [0.717, 1.165) is 34.2 Å². The van der Waals surface area contributed by atoms with Gasteiger partial charge in [0.2, 0.25) is 0 Å². The van der Waals surface area contributed by atoms with Gasteiger partial charge in [-0.15, -0.1) is 0 Å². The minimum absolute atomic E-state index is 0.204. The molecule has 1 heterocycles. The molecular formula is C27H27ClN2O4. The van der Waals surface area contributed by atoms with Crippen molar-refractivity contribution in [1.29, 1.82) is 0 Å². The number of amides is 1. The van der Waals surface area contributed by atoms with Crippen LogP contribution in [0.4, 0.5) is 0 Å². The van der Waals surface area contributed by atoms with Crippen molar-refractivity contribution in [2.75, 3.05) is 6.61 Å². The van der Waals surface area contributed by atoms with E-state index in [2.05, 4.69) is 17.2 Å². The van der Waals surface area contributed by atoms with Crippen LogP contribution in [0, 0.1) is 0 Å². The molecule has 0 saturated carbocycles. The molecule has 0 fully saturated rings. The van der Waals surface area contributed by atoms with E-state index in [1.54, 1.807) is 24.5 Å². The lowest BCUT2D eigenvalue weighted by atomic mass is 10.0. The molecule has 0 unspecified atom stereocenters. The summed E-state index contributed by atoms with van der Waals surface area (Å²) in [4.78, 5) is 27.6. The van der Waals surface area contributed by atoms with Crippen molar-refractivity contribution in [1.82, 2.24) is 10.3 Å². The molecule has 1 aromatic heterocycles. The van der Waals surface area contributed by atoms with Gasteiger partial charge in [0.1, 0.15) is 5.75 Å². The number of ether oxygens (including phenoxy) is 1. The number of carbonyl (C=O) groups excluding carboxylic acids is 1. The zero-order valence-electron chi connectivity index (χ0n) is 19.2. The number of pyridine rings is 1. The number of aryl methyl sites for hydroxylation is 1. The molecule has 0 radical (unpaired) electrons. The zero-order chi connectivity index (χ0) is 24.5. The van der Waals surface area contributed by atoms with Crippen molar-refractivity contribution >= 4 is 28.5 Å². The Balaban J connectivity index is 1.63. The zero-order valence-corrected chi connectivity index (χ0v) is 19.9. The number of nitrogens with zero attached hydrogens (tertiary/aromatic N) is 1. The van der Waals surface area contributed by atoms with Crippen LogP contribution in [0.5, 0.6) is 5.75 Å². The maximum absolute atomic E-state index is 12.7. The second-order valence-electron chi connectivity index (χ2n) is 7.75. The summed E-state index contributed by atoms with van der Waals surface area (Å²) in [5.41, 5.74) is 5.48. The predicted molar refractivity (Wildman–Crippen MR) is 133 cm³/mol. The maximum atomic E-state index is 12.7. The third-order valence-corrected chi connectivity index (χ3v) is 5.69. The number of aliphatic carboxylic acids is 1. The molecule has 6 nitrogen and oxygen atoms in total. The standard InChI is InChI=1S/C27H27ClN2O4/c1-3-21-8-5-19(13-24(21)25(28)4-2)15-30-27(33)22-12-20(14-29-16-22)11-18-6-9-23(10-7-18)34-17-26(31)32/h4-10,12-14,16H,3,11,15,17H2,1-2H3,(H,30,33)(H,31,32)/b25-4+. The van der Waals surface area contributed by atoms with Gasteiger partial charge in [-0.1, -0.05) is 48.9 Å². The van der Waals surface area contributed by atoms with Crippen LogP contribution in [0.3, 0.4) is 0 Å². The molecule has 3 rings (SSSR count). The van der Waals surface area contributed by atoms with Gasteiger partial charge in [0, 0.05) is 24.0 Å². The molecule has 1 amide bonds. The lowest BCUT2D eigenvalue weighted by Crippen LogP contribution is -2.23. The fraction of sp³-hybridized carbons (Fsp3) is 0.222. The second-order valence-corrected chi connectivity index (χ2v) is 8.16. The lowest BCUT2D eigenvalue weighted by molar-refractivity contribution is -0.139. The number of carboxylic acid groups (broad SMARTS) is 1. The topological polar surface area (TPSA) is 88.5 Å². The van der Waals surface area contributed by atoms with Crippen LogP contribution < -0.4 is 10.1 Å². The number of halogens is 1. The molecule has 0 aliphatic rings. The third-order valence-electron chi connectivity index (χ3n) is 5.27. The lowest BCUT2D eigenvalue weighted by Gasteiger charge is -2.11. The van der Waals surface area contributed by atoms with E-state index in [1.165, 1.54) is 0 Å². The first-order valence-corrected chi connectivity index (χ1v) is 11.4.